The average Bonchev–Trinajstić information content (AvgIpc) is 4.19. The monoisotopic (exact) mass is 1010 g/mol. The van der Waals surface area contributed by atoms with Crippen molar-refractivity contribution >= 4 is 35.4 Å². The zero-order valence-electron chi connectivity index (χ0n) is 43.1. The first-order valence-electron chi connectivity index (χ1n) is 27.0. The lowest BCUT2D eigenvalue weighted by atomic mass is 9.88. The lowest BCUT2D eigenvalue weighted by Gasteiger charge is -2.31. The third kappa shape index (κ3) is 20.8. The zero-order chi connectivity index (χ0) is 51.5. The maximum Gasteiger partial charge on any atom is 0.314 e. The van der Waals surface area contributed by atoms with Gasteiger partial charge in [-0.1, -0.05) is 77.3 Å². The van der Waals surface area contributed by atoms with Crippen molar-refractivity contribution in [2.24, 2.45) is 11.8 Å². The van der Waals surface area contributed by atoms with Gasteiger partial charge in [0.2, 0.25) is 0 Å². The lowest BCUT2D eigenvalue weighted by Crippen LogP contribution is -2.33. The van der Waals surface area contributed by atoms with E-state index in [1.165, 1.54) is 38.5 Å². The Bertz CT molecular complexity index is 2000. The number of cyclic esters (lactones) is 2. The number of likely N-dealkylation sites (tertiary alicyclic amines) is 2. The van der Waals surface area contributed by atoms with Crippen LogP contribution in [0.4, 0.5) is 0 Å². The standard InChI is InChI=1S/C28H41NO7.C24H37NO4.C4H4O3/c1-2-3-4-5-6-9-23(30)18-22(20-29-14-7-8-15-29)28(36-27(33)13-12-26(31)32)21-10-11-24-25(19-21)35-17-16-34-24;1-2-3-4-5-6-9-21(26)16-20(18-25-12-7-8-13-25)24(27)19-10-11-22-23(17-19)29-15-14-28-22;5-3-1-2-4(6)7-3/h10-11,19,22,28H,2-9,12-18,20H2,1H3,(H,31,32);10-11,17,20,24,27H,2-9,12-16,18H2,1H3;1-2H2/t22-,28-;20-,24-;/m11./s1. The number of Topliss-reactive ketones (excluding diaryl/α,β-unsaturated/α-hetero) is 2. The van der Waals surface area contributed by atoms with Crippen molar-refractivity contribution in [1.82, 2.24) is 9.80 Å². The van der Waals surface area contributed by atoms with Crippen LogP contribution in [0.2, 0.25) is 0 Å². The van der Waals surface area contributed by atoms with E-state index in [2.05, 4.69) is 28.4 Å². The number of rotatable bonds is 28. The van der Waals surface area contributed by atoms with E-state index in [0.29, 0.717) is 75.9 Å². The summed E-state index contributed by atoms with van der Waals surface area (Å²) in [5.41, 5.74) is 1.55. The molecule has 400 valence electrons. The summed E-state index contributed by atoms with van der Waals surface area (Å²) in [5, 5.41) is 20.2. The molecule has 5 aliphatic heterocycles. The second-order valence-corrected chi connectivity index (χ2v) is 19.8. The fourth-order valence-corrected chi connectivity index (χ4v) is 9.81. The molecule has 4 atom stereocenters. The normalized spacial score (nSPS) is 17.9. The number of carboxylic acids is 1. The molecule has 0 amide bonds. The van der Waals surface area contributed by atoms with E-state index < -0.39 is 36.1 Å². The molecular formula is C56H82N2O14. The topological polar surface area (TPSA) is 205 Å². The Labute approximate surface area is 426 Å². The second-order valence-electron chi connectivity index (χ2n) is 19.8. The minimum atomic E-state index is -1.05. The fourth-order valence-electron chi connectivity index (χ4n) is 9.81. The van der Waals surface area contributed by atoms with Gasteiger partial charge < -0.3 is 48.4 Å². The van der Waals surface area contributed by atoms with E-state index in [0.717, 1.165) is 101 Å². The molecule has 2 aromatic rings. The van der Waals surface area contributed by atoms with E-state index in [4.69, 9.17) is 28.8 Å². The molecule has 72 heavy (non-hydrogen) atoms. The summed E-state index contributed by atoms with van der Waals surface area (Å²) in [6.45, 7) is 11.8. The van der Waals surface area contributed by atoms with Crippen molar-refractivity contribution in [3.63, 3.8) is 0 Å². The van der Waals surface area contributed by atoms with Gasteiger partial charge >= 0.3 is 23.9 Å². The van der Waals surface area contributed by atoms with Crippen LogP contribution >= 0.6 is 0 Å². The van der Waals surface area contributed by atoms with Crippen molar-refractivity contribution in [2.45, 2.75) is 167 Å². The average molecular weight is 1010 g/mol. The summed E-state index contributed by atoms with van der Waals surface area (Å²) in [6.07, 6.45) is 16.4. The van der Waals surface area contributed by atoms with E-state index in [1.807, 2.05) is 36.4 Å². The van der Waals surface area contributed by atoms with Crippen LogP contribution in [0.5, 0.6) is 23.0 Å². The van der Waals surface area contributed by atoms with Crippen LogP contribution in [-0.2, 0) is 38.2 Å². The quantitative estimate of drug-likeness (QED) is 0.0463. The molecule has 0 radical (unpaired) electrons. The number of ether oxygens (including phenoxy) is 6. The van der Waals surface area contributed by atoms with Crippen LogP contribution in [0, 0.1) is 11.8 Å². The summed E-state index contributed by atoms with van der Waals surface area (Å²) >= 11 is 0. The molecule has 0 aromatic heterocycles. The summed E-state index contributed by atoms with van der Waals surface area (Å²) in [5.74, 6) is 0.373. The van der Waals surface area contributed by atoms with Crippen molar-refractivity contribution < 1.29 is 67.4 Å². The predicted octanol–water partition coefficient (Wildman–Crippen LogP) is 9.31. The lowest BCUT2D eigenvalue weighted by molar-refractivity contribution is -0.156. The first-order chi connectivity index (χ1) is 34.9. The number of carbonyl (C=O) groups is 6. The largest absolute Gasteiger partial charge is 0.486 e. The molecule has 16 nitrogen and oxygen atoms in total. The van der Waals surface area contributed by atoms with Crippen LogP contribution in [0.1, 0.15) is 178 Å². The number of benzene rings is 2. The van der Waals surface area contributed by atoms with Gasteiger partial charge in [0.1, 0.15) is 44.1 Å². The molecule has 0 bridgehead atoms. The number of aliphatic carboxylic acids is 1. The SMILES string of the molecule is CCCCCCCC(=O)C[C@H](CN1CCCC1)[C@H](O)c1ccc2c(c1)OCCO2.CCCCCCCC(=O)C[C@H](CN1CCCC1)[C@H](OC(=O)CCC(=O)O)c1ccc2c(c1)OCCO2.O=C1CCC(=O)O1. The minimum Gasteiger partial charge on any atom is -0.486 e. The molecule has 0 spiro atoms. The number of nitrogens with zero attached hydrogens (tertiary/aromatic N) is 2. The fraction of sp³-hybridized carbons (Fsp3) is 0.679. The molecule has 2 N–H and O–H groups in total. The molecule has 0 unspecified atom stereocenters. The maximum absolute atomic E-state index is 13.0. The molecule has 2 aromatic carbocycles. The van der Waals surface area contributed by atoms with E-state index in [1.54, 1.807) is 0 Å². The van der Waals surface area contributed by atoms with Crippen LogP contribution in [0.3, 0.4) is 0 Å². The Kier molecular flexibility index (Phi) is 25.9. The number of esters is 3. The van der Waals surface area contributed by atoms with Gasteiger partial charge in [0.25, 0.3) is 0 Å². The van der Waals surface area contributed by atoms with Gasteiger partial charge in [-0.3, -0.25) is 28.8 Å². The van der Waals surface area contributed by atoms with Crippen LogP contribution in [0.15, 0.2) is 36.4 Å². The number of carbonyl (C=O) groups excluding carboxylic acids is 5. The number of hydrogen-bond donors (Lipinski definition) is 2. The number of aliphatic hydroxyl groups is 1. The van der Waals surface area contributed by atoms with Gasteiger partial charge in [-0.2, -0.15) is 0 Å². The summed E-state index contributed by atoms with van der Waals surface area (Å²) in [4.78, 5) is 74.1. The highest BCUT2D eigenvalue weighted by Crippen LogP contribution is 2.39. The highest BCUT2D eigenvalue weighted by Gasteiger charge is 2.33. The summed E-state index contributed by atoms with van der Waals surface area (Å²) in [7, 11) is 0. The van der Waals surface area contributed by atoms with Gasteiger partial charge in [0, 0.05) is 50.6 Å². The van der Waals surface area contributed by atoms with Crippen LogP contribution < -0.4 is 18.9 Å². The van der Waals surface area contributed by atoms with Gasteiger partial charge in [-0.25, -0.2) is 0 Å². The highest BCUT2D eigenvalue weighted by molar-refractivity contribution is 5.92. The van der Waals surface area contributed by atoms with Crippen molar-refractivity contribution in [3.8, 4) is 23.0 Å². The Balaban J connectivity index is 0.000000239. The van der Waals surface area contributed by atoms with Crippen LogP contribution in [-0.4, -0.2) is 121 Å². The molecule has 0 saturated carbocycles. The number of fused-ring (bicyclic) bond motifs is 2. The van der Waals surface area contributed by atoms with E-state index in [9.17, 15) is 33.9 Å². The van der Waals surface area contributed by atoms with E-state index in [-0.39, 0.29) is 49.1 Å². The number of hydrogen-bond acceptors (Lipinski definition) is 15. The molecule has 5 aliphatic rings. The molecule has 3 saturated heterocycles. The first kappa shape index (κ1) is 57.8. The smallest absolute Gasteiger partial charge is 0.314 e. The Hall–Kier alpha value is -5.06. The Morgan fingerprint density at radius 2 is 1.01 bits per heavy atom. The van der Waals surface area contributed by atoms with Gasteiger partial charge in [0.15, 0.2) is 23.0 Å². The third-order valence-corrected chi connectivity index (χ3v) is 13.7. The second kappa shape index (κ2) is 32.2. The molecule has 16 heteroatoms. The number of carboxylic acid groups (broad SMARTS) is 1. The van der Waals surface area contributed by atoms with Crippen molar-refractivity contribution in [1.29, 1.82) is 0 Å². The number of unbranched alkanes of at least 4 members (excludes halogenated alkanes) is 8. The molecule has 3 fully saturated rings. The molecule has 0 aliphatic carbocycles. The predicted molar refractivity (Wildman–Crippen MR) is 270 cm³/mol. The van der Waals surface area contributed by atoms with Crippen LogP contribution in [0.25, 0.3) is 0 Å². The zero-order valence-corrected chi connectivity index (χ0v) is 43.1. The van der Waals surface area contributed by atoms with Crippen molar-refractivity contribution in [3.05, 3.63) is 47.5 Å². The summed E-state index contributed by atoms with van der Waals surface area (Å²) < 4.78 is 32.7. The maximum atomic E-state index is 13.0. The molecular weight excluding hydrogens is 925 g/mol. The number of aliphatic hydroxyl groups excluding tert-OH is 1. The van der Waals surface area contributed by atoms with E-state index >= 15 is 0 Å². The van der Waals surface area contributed by atoms with Crippen molar-refractivity contribution in [2.75, 3.05) is 65.7 Å². The minimum absolute atomic E-state index is 0.0844. The Morgan fingerprint density at radius 1 is 0.569 bits per heavy atom. The highest BCUT2D eigenvalue weighted by atomic mass is 16.6. The van der Waals surface area contributed by atoms with Gasteiger partial charge in [-0.05, 0) is 100 Å². The Morgan fingerprint density at radius 3 is 1.49 bits per heavy atom. The van der Waals surface area contributed by atoms with Gasteiger partial charge in [-0.15, -0.1) is 0 Å². The molecule has 5 heterocycles. The first-order valence-corrected chi connectivity index (χ1v) is 27.0. The van der Waals surface area contributed by atoms with Gasteiger partial charge in [0.05, 0.1) is 31.8 Å². The number of ketones is 2. The summed E-state index contributed by atoms with van der Waals surface area (Å²) in [6, 6.07) is 11.2. The third-order valence-electron chi connectivity index (χ3n) is 13.7. The molecule has 7 rings (SSSR count).